The number of halogens is 1. The first-order valence-electron chi connectivity index (χ1n) is 12.4. The summed E-state index contributed by atoms with van der Waals surface area (Å²) in [6.07, 6.45) is 2.31. The van der Waals surface area contributed by atoms with E-state index in [9.17, 15) is 23.9 Å². The number of nitrogens with one attached hydrogen (secondary N) is 3. The van der Waals surface area contributed by atoms with Gasteiger partial charge in [-0.1, -0.05) is 0 Å². The van der Waals surface area contributed by atoms with Crippen molar-refractivity contribution < 1.29 is 33.4 Å². The molecule has 4 N–H and O–H groups in total. The number of aromatic nitrogens is 2. The van der Waals surface area contributed by atoms with E-state index in [1.54, 1.807) is 36.4 Å². The summed E-state index contributed by atoms with van der Waals surface area (Å²) >= 11 is 0. The summed E-state index contributed by atoms with van der Waals surface area (Å²) in [5.74, 6) is -1.20. The molecule has 0 radical (unpaired) electrons. The third kappa shape index (κ3) is 6.22. The van der Waals surface area contributed by atoms with Crippen molar-refractivity contribution in [1.82, 2.24) is 9.97 Å². The number of carboxylic acids is 1. The average Bonchev–Trinajstić information content (AvgIpc) is 3.78. The smallest absolute Gasteiger partial charge is 0.335 e. The molecule has 0 saturated heterocycles. The Hall–Kier alpha value is -5.52. The fourth-order valence-corrected chi connectivity index (χ4v) is 3.95. The summed E-state index contributed by atoms with van der Waals surface area (Å²) in [6, 6.07) is 17.8. The predicted molar refractivity (Wildman–Crippen MR) is 147 cm³/mol. The normalized spacial score (nSPS) is 13.0. The Morgan fingerprint density at radius 1 is 0.902 bits per heavy atom. The van der Waals surface area contributed by atoms with E-state index in [2.05, 4.69) is 25.9 Å². The summed E-state index contributed by atoms with van der Waals surface area (Å²) in [5, 5.41) is 17.6. The second-order valence-electron chi connectivity index (χ2n) is 9.19. The number of nitrogens with zero attached hydrogens (tertiary/aromatic N) is 2. The Kier molecular flexibility index (Phi) is 7.46. The van der Waals surface area contributed by atoms with Gasteiger partial charge in [-0.25, -0.2) is 14.2 Å². The Morgan fingerprint density at radius 3 is 2.12 bits per heavy atom. The van der Waals surface area contributed by atoms with Gasteiger partial charge in [-0.05, 0) is 79.6 Å². The van der Waals surface area contributed by atoms with E-state index in [0.29, 0.717) is 41.4 Å². The number of carbonyl (C=O) groups is 3. The zero-order valence-corrected chi connectivity index (χ0v) is 21.7. The van der Waals surface area contributed by atoms with E-state index in [1.807, 2.05) is 0 Å². The molecule has 41 heavy (non-hydrogen) atoms. The van der Waals surface area contributed by atoms with Crippen LogP contribution in [0.1, 0.15) is 23.2 Å². The maximum Gasteiger partial charge on any atom is 0.335 e. The number of carbonyl (C=O) groups excluding carboxylic acids is 2. The van der Waals surface area contributed by atoms with Crippen LogP contribution in [-0.4, -0.2) is 40.0 Å². The Balaban J connectivity index is 1.20. The fourth-order valence-electron chi connectivity index (χ4n) is 3.95. The third-order valence-corrected chi connectivity index (χ3v) is 6.38. The van der Waals surface area contributed by atoms with Crippen molar-refractivity contribution in [3.05, 3.63) is 90.4 Å². The number of ether oxygens (including phenoxy) is 2. The monoisotopic (exact) mass is 557 g/mol. The van der Waals surface area contributed by atoms with Crippen LogP contribution in [-0.2, 0) is 9.59 Å². The first-order chi connectivity index (χ1) is 19.8. The molecule has 0 spiro atoms. The molecule has 3 aromatic carbocycles. The molecule has 208 valence electrons. The summed E-state index contributed by atoms with van der Waals surface area (Å²) in [4.78, 5) is 45.4. The van der Waals surface area contributed by atoms with E-state index in [4.69, 9.17) is 9.47 Å². The SMILES string of the molecule is COc1cc(C(=O)O)ccc1Nc1nccc(Oc2ccc(NC(=O)C3(C(=O)Nc4ccc(F)cc4)CC3)cc2)n1. The summed E-state index contributed by atoms with van der Waals surface area (Å²) in [5.41, 5.74) is 0.255. The van der Waals surface area contributed by atoms with Crippen molar-refractivity contribution in [1.29, 1.82) is 0 Å². The highest BCUT2D eigenvalue weighted by molar-refractivity contribution is 6.16. The van der Waals surface area contributed by atoms with E-state index in [0.717, 1.165) is 0 Å². The van der Waals surface area contributed by atoms with E-state index >= 15 is 0 Å². The Morgan fingerprint density at radius 2 is 1.54 bits per heavy atom. The van der Waals surface area contributed by atoms with Crippen molar-refractivity contribution in [3.63, 3.8) is 0 Å². The zero-order valence-electron chi connectivity index (χ0n) is 21.7. The third-order valence-electron chi connectivity index (χ3n) is 6.38. The van der Waals surface area contributed by atoms with E-state index < -0.39 is 29.0 Å². The van der Waals surface area contributed by atoms with Crippen LogP contribution in [0.3, 0.4) is 0 Å². The van der Waals surface area contributed by atoms with Gasteiger partial charge in [-0.3, -0.25) is 9.59 Å². The minimum absolute atomic E-state index is 0.0746. The molecule has 5 rings (SSSR count). The van der Waals surface area contributed by atoms with Gasteiger partial charge in [-0.2, -0.15) is 4.98 Å². The minimum Gasteiger partial charge on any atom is -0.495 e. The van der Waals surface area contributed by atoms with Gasteiger partial charge in [0.2, 0.25) is 23.6 Å². The minimum atomic E-state index is -1.18. The van der Waals surface area contributed by atoms with Gasteiger partial charge in [0, 0.05) is 23.6 Å². The molecule has 12 heteroatoms. The second-order valence-corrected chi connectivity index (χ2v) is 9.19. The van der Waals surface area contributed by atoms with E-state index in [1.165, 1.54) is 49.7 Å². The molecular formula is C29H24FN5O6. The van der Waals surface area contributed by atoms with Crippen LogP contribution in [0.15, 0.2) is 79.0 Å². The molecule has 11 nitrogen and oxygen atoms in total. The van der Waals surface area contributed by atoms with Crippen LogP contribution in [0.2, 0.25) is 0 Å². The van der Waals surface area contributed by atoms with Crippen LogP contribution in [0.4, 0.5) is 27.4 Å². The lowest BCUT2D eigenvalue weighted by molar-refractivity contribution is -0.131. The molecule has 0 aliphatic heterocycles. The number of anilines is 4. The van der Waals surface area contributed by atoms with Gasteiger partial charge in [0.05, 0.1) is 18.4 Å². The molecule has 1 saturated carbocycles. The number of carboxylic acid groups (broad SMARTS) is 1. The largest absolute Gasteiger partial charge is 0.495 e. The standard InChI is InChI=1S/C29H24FN5O6/c1-40-23-16-17(25(36)37)2-11-22(23)34-28-31-15-12-24(35-28)41-21-9-7-20(8-10-21)33-27(39)29(13-14-29)26(38)32-19-5-3-18(30)4-6-19/h2-12,15-16H,13-14H2,1H3,(H,32,38)(H,33,39)(H,36,37)(H,31,34,35). The maximum atomic E-state index is 13.1. The van der Waals surface area contributed by atoms with Crippen molar-refractivity contribution in [3.8, 4) is 17.4 Å². The van der Waals surface area contributed by atoms with Gasteiger partial charge in [0.15, 0.2) is 0 Å². The molecular weight excluding hydrogens is 533 g/mol. The highest BCUT2D eigenvalue weighted by Crippen LogP contribution is 2.47. The molecule has 1 aromatic heterocycles. The Labute approximate surface area is 233 Å². The molecule has 4 aromatic rings. The van der Waals surface area contributed by atoms with Crippen molar-refractivity contribution in [2.75, 3.05) is 23.1 Å². The van der Waals surface area contributed by atoms with Crippen LogP contribution >= 0.6 is 0 Å². The number of amides is 2. The van der Waals surface area contributed by atoms with Gasteiger partial charge >= 0.3 is 5.97 Å². The number of rotatable bonds is 10. The number of hydrogen-bond donors (Lipinski definition) is 4. The van der Waals surface area contributed by atoms with Gasteiger partial charge in [-0.15, -0.1) is 0 Å². The second kappa shape index (κ2) is 11.3. The molecule has 2 amide bonds. The van der Waals surface area contributed by atoms with Crippen molar-refractivity contribution >= 4 is 40.8 Å². The first kappa shape index (κ1) is 27.1. The number of benzene rings is 3. The first-order valence-corrected chi connectivity index (χ1v) is 12.4. The van der Waals surface area contributed by atoms with E-state index in [-0.39, 0.29) is 17.4 Å². The summed E-state index contributed by atoms with van der Waals surface area (Å²) in [6.45, 7) is 0. The highest BCUT2D eigenvalue weighted by Gasteiger charge is 2.56. The molecule has 0 bridgehead atoms. The summed E-state index contributed by atoms with van der Waals surface area (Å²) < 4.78 is 24.2. The van der Waals surface area contributed by atoms with Crippen molar-refractivity contribution in [2.45, 2.75) is 12.8 Å². The quantitative estimate of drug-likeness (QED) is 0.192. The zero-order chi connectivity index (χ0) is 29.0. The lowest BCUT2D eigenvalue weighted by Gasteiger charge is -2.16. The van der Waals surface area contributed by atoms with Crippen molar-refractivity contribution in [2.24, 2.45) is 5.41 Å². The lowest BCUT2D eigenvalue weighted by Crippen LogP contribution is -2.35. The molecule has 1 fully saturated rings. The Bertz CT molecular complexity index is 1610. The highest BCUT2D eigenvalue weighted by atomic mass is 19.1. The predicted octanol–water partition coefficient (Wildman–Crippen LogP) is 5.22. The van der Waals surface area contributed by atoms with Crippen LogP contribution in [0.5, 0.6) is 17.4 Å². The van der Waals surface area contributed by atoms with Gasteiger partial charge < -0.3 is 30.5 Å². The average molecular weight is 558 g/mol. The topological polar surface area (TPSA) is 152 Å². The van der Waals surface area contributed by atoms with Gasteiger partial charge in [0.25, 0.3) is 0 Å². The van der Waals surface area contributed by atoms with Crippen LogP contribution < -0.4 is 25.4 Å². The fraction of sp³-hybridized carbons (Fsp3) is 0.138. The molecule has 0 atom stereocenters. The number of hydrogen-bond acceptors (Lipinski definition) is 8. The molecule has 1 aliphatic rings. The number of aromatic carboxylic acids is 1. The maximum absolute atomic E-state index is 13.1. The molecule has 0 unspecified atom stereocenters. The summed E-state index contributed by atoms with van der Waals surface area (Å²) in [7, 11) is 1.42. The van der Waals surface area contributed by atoms with Crippen LogP contribution in [0.25, 0.3) is 0 Å². The lowest BCUT2D eigenvalue weighted by atomic mass is 10.0. The number of methoxy groups -OCH3 is 1. The molecule has 1 heterocycles. The molecule has 1 aliphatic carbocycles. The van der Waals surface area contributed by atoms with Crippen LogP contribution in [0, 0.1) is 11.2 Å². The van der Waals surface area contributed by atoms with Gasteiger partial charge in [0.1, 0.15) is 22.7 Å².